The van der Waals surface area contributed by atoms with Crippen molar-refractivity contribution in [3.05, 3.63) is 156 Å². The Balaban J connectivity index is 1.24. The molecule has 0 radical (unpaired) electrons. The van der Waals surface area contributed by atoms with Gasteiger partial charge in [0.1, 0.15) is 10.9 Å². The number of carboxylic acid groups (broad SMARTS) is 1. The molecule has 1 N–H and O–H groups in total. The van der Waals surface area contributed by atoms with Gasteiger partial charge in [0, 0.05) is 17.1 Å². The highest BCUT2D eigenvalue weighted by Gasteiger charge is 2.33. The maximum atomic E-state index is 12.7. The zero-order chi connectivity index (χ0) is 31.9. The molecule has 1 aliphatic heterocycles. The van der Waals surface area contributed by atoms with Crippen LogP contribution in [0.1, 0.15) is 11.1 Å². The number of aliphatic carboxylic acids is 1. The first-order chi connectivity index (χ1) is 22.5. The number of carboxylic acids is 1. The average molecular weight is 641 g/mol. The van der Waals surface area contributed by atoms with E-state index in [-0.39, 0.29) is 4.32 Å². The summed E-state index contributed by atoms with van der Waals surface area (Å²) < 4.78 is 0.237. The molecule has 5 aromatic carbocycles. The predicted octanol–water partition coefficient (Wildman–Crippen LogP) is 8.61. The normalized spacial score (nSPS) is 13.8. The van der Waals surface area contributed by atoms with Crippen molar-refractivity contribution in [1.29, 1.82) is 0 Å². The van der Waals surface area contributed by atoms with Gasteiger partial charge in [-0.25, -0.2) is 5.01 Å². The largest absolute Gasteiger partial charge is 0.480 e. The number of thiocarbonyl (C=S) groups is 1. The minimum absolute atomic E-state index is 0.237. The fourth-order valence-electron chi connectivity index (χ4n) is 4.92. The van der Waals surface area contributed by atoms with Crippen molar-refractivity contribution in [2.24, 2.45) is 5.10 Å². The first-order valence-electron chi connectivity index (χ1n) is 14.4. The van der Waals surface area contributed by atoms with Gasteiger partial charge in [0.2, 0.25) is 0 Å². The van der Waals surface area contributed by atoms with Crippen LogP contribution in [0.5, 0.6) is 0 Å². The standard InChI is InChI=1S/C37H28N4O3S2/c42-35(43)26-39-36(44)34(46-37(39)45)24-27-16-22-33(23-17-27)41(32-14-8-3-9-15-32)38-25-28-18-20-31(21-19-28)40(29-10-4-1-5-11-29)30-12-6-2-7-13-30/h1-25H,26H2,(H,42,43)/b34-24+,38-25+. The number of benzene rings is 5. The highest BCUT2D eigenvalue weighted by atomic mass is 32.2. The topological polar surface area (TPSA) is 76.5 Å². The Morgan fingerprint density at radius 2 is 1.15 bits per heavy atom. The Kier molecular flexibility index (Phi) is 9.33. The van der Waals surface area contributed by atoms with Crippen molar-refractivity contribution in [2.75, 3.05) is 16.5 Å². The van der Waals surface area contributed by atoms with Crippen molar-refractivity contribution < 1.29 is 14.7 Å². The van der Waals surface area contributed by atoms with Gasteiger partial charge in [0.25, 0.3) is 5.91 Å². The maximum absolute atomic E-state index is 12.7. The first kappa shape index (κ1) is 30.5. The molecule has 6 rings (SSSR count). The number of hydrazone groups is 1. The number of hydrogen-bond donors (Lipinski definition) is 1. The highest BCUT2D eigenvalue weighted by Crippen LogP contribution is 2.35. The second kappa shape index (κ2) is 14.1. The molecule has 1 fully saturated rings. The average Bonchev–Trinajstić information content (AvgIpc) is 3.34. The third-order valence-corrected chi connectivity index (χ3v) is 8.48. The number of hydrogen-bond acceptors (Lipinski definition) is 7. The number of rotatable bonds is 10. The zero-order valence-corrected chi connectivity index (χ0v) is 26.1. The van der Waals surface area contributed by atoms with Crippen molar-refractivity contribution >= 4 is 80.9 Å². The Morgan fingerprint density at radius 1 is 0.696 bits per heavy atom. The van der Waals surface area contributed by atoms with Crippen molar-refractivity contribution in [2.45, 2.75) is 0 Å². The Bertz CT molecular complexity index is 1860. The van der Waals surface area contributed by atoms with Crippen LogP contribution in [-0.4, -0.2) is 39.0 Å². The summed E-state index contributed by atoms with van der Waals surface area (Å²) in [7, 11) is 0. The molecule has 9 heteroatoms. The summed E-state index contributed by atoms with van der Waals surface area (Å²) in [6, 6.07) is 46.3. The van der Waals surface area contributed by atoms with Gasteiger partial charge in [0.15, 0.2) is 0 Å². The van der Waals surface area contributed by atoms with Crippen LogP contribution < -0.4 is 9.91 Å². The first-order valence-corrected chi connectivity index (χ1v) is 15.7. The van der Waals surface area contributed by atoms with Crippen LogP contribution in [0.2, 0.25) is 0 Å². The Morgan fingerprint density at radius 3 is 1.70 bits per heavy atom. The Hall–Kier alpha value is -5.51. The summed E-state index contributed by atoms with van der Waals surface area (Å²) in [6.07, 6.45) is 3.55. The smallest absolute Gasteiger partial charge is 0.323 e. The number of nitrogens with zero attached hydrogens (tertiary/aromatic N) is 4. The molecule has 1 amide bonds. The summed E-state index contributed by atoms with van der Waals surface area (Å²) in [4.78, 5) is 27.5. The van der Waals surface area contributed by atoms with E-state index in [4.69, 9.17) is 22.4 Å². The van der Waals surface area contributed by atoms with Crippen LogP contribution in [0.25, 0.3) is 6.08 Å². The molecule has 0 aromatic heterocycles. The highest BCUT2D eigenvalue weighted by molar-refractivity contribution is 8.26. The van der Waals surface area contributed by atoms with E-state index in [2.05, 4.69) is 41.3 Å². The number of para-hydroxylation sites is 3. The molecule has 0 spiro atoms. The van der Waals surface area contributed by atoms with E-state index in [1.54, 1.807) is 6.08 Å². The molecule has 1 saturated heterocycles. The van der Waals surface area contributed by atoms with Gasteiger partial charge in [0.05, 0.1) is 22.5 Å². The van der Waals surface area contributed by atoms with Gasteiger partial charge in [-0.05, 0) is 77.9 Å². The van der Waals surface area contributed by atoms with Gasteiger partial charge >= 0.3 is 5.97 Å². The van der Waals surface area contributed by atoms with Crippen LogP contribution in [0.3, 0.4) is 0 Å². The maximum Gasteiger partial charge on any atom is 0.323 e. The van der Waals surface area contributed by atoms with Gasteiger partial charge in [-0.15, -0.1) is 0 Å². The molecule has 46 heavy (non-hydrogen) atoms. The molecule has 1 aliphatic rings. The molecular weight excluding hydrogens is 613 g/mol. The van der Waals surface area contributed by atoms with Gasteiger partial charge < -0.3 is 10.0 Å². The van der Waals surface area contributed by atoms with Gasteiger partial charge in [-0.1, -0.05) is 103 Å². The lowest BCUT2D eigenvalue weighted by Gasteiger charge is -2.25. The van der Waals surface area contributed by atoms with E-state index < -0.39 is 18.4 Å². The van der Waals surface area contributed by atoms with Crippen LogP contribution in [0.4, 0.5) is 28.4 Å². The van der Waals surface area contributed by atoms with Crippen molar-refractivity contribution in [1.82, 2.24) is 4.90 Å². The van der Waals surface area contributed by atoms with E-state index >= 15 is 0 Å². The van der Waals surface area contributed by atoms with E-state index in [0.29, 0.717) is 4.91 Å². The van der Waals surface area contributed by atoms with Crippen LogP contribution >= 0.6 is 24.0 Å². The number of amides is 1. The van der Waals surface area contributed by atoms with E-state index in [1.165, 1.54) is 0 Å². The molecule has 5 aromatic rings. The number of carbonyl (C=O) groups is 2. The number of thioether (sulfide) groups is 1. The second-order valence-electron chi connectivity index (χ2n) is 10.2. The quantitative estimate of drug-likeness (QED) is 0.0709. The second-order valence-corrected chi connectivity index (χ2v) is 11.9. The molecule has 0 atom stereocenters. The van der Waals surface area contributed by atoms with Crippen molar-refractivity contribution in [3.8, 4) is 0 Å². The third-order valence-electron chi connectivity index (χ3n) is 7.11. The Labute approximate surface area is 276 Å². The predicted molar refractivity (Wildman–Crippen MR) is 191 cm³/mol. The van der Waals surface area contributed by atoms with Crippen LogP contribution in [-0.2, 0) is 9.59 Å². The summed E-state index contributed by atoms with van der Waals surface area (Å²) >= 11 is 6.31. The minimum Gasteiger partial charge on any atom is -0.480 e. The molecule has 1 heterocycles. The summed E-state index contributed by atoms with van der Waals surface area (Å²) in [5, 5.41) is 15.8. The fraction of sp³-hybridized carbons (Fsp3) is 0.0270. The number of anilines is 5. The molecule has 0 saturated carbocycles. The lowest BCUT2D eigenvalue weighted by atomic mass is 10.1. The lowest BCUT2D eigenvalue weighted by molar-refractivity contribution is -0.140. The van der Waals surface area contributed by atoms with Crippen molar-refractivity contribution in [3.63, 3.8) is 0 Å². The molecule has 0 aliphatic carbocycles. The molecule has 226 valence electrons. The van der Waals surface area contributed by atoms with Crippen LogP contribution in [0.15, 0.2) is 150 Å². The lowest BCUT2D eigenvalue weighted by Crippen LogP contribution is -2.33. The van der Waals surface area contributed by atoms with Crippen LogP contribution in [0, 0.1) is 0 Å². The zero-order valence-electron chi connectivity index (χ0n) is 24.5. The minimum atomic E-state index is -1.11. The molecular formula is C37H28N4O3S2. The fourth-order valence-corrected chi connectivity index (χ4v) is 6.18. The molecule has 7 nitrogen and oxygen atoms in total. The summed E-state index contributed by atoms with van der Waals surface area (Å²) in [6.45, 7) is -0.452. The molecule has 0 unspecified atom stereocenters. The summed E-state index contributed by atoms with van der Waals surface area (Å²) in [5.41, 5.74) is 6.61. The SMILES string of the molecule is O=C(O)CN1C(=O)/C(=C\c2ccc(N(/N=C/c3ccc(N(c4ccccc4)c4ccccc4)cc3)c3ccccc3)cc2)SC1=S. The third kappa shape index (κ3) is 7.07. The summed E-state index contributed by atoms with van der Waals surface area (Å²) in [5.74, 6) is -1.51. The monoisotopic (exact) mass is 640 g/mol. The van der Waals surface area contributed by atoms with Gasteiger partial charge in [-0.3, -0.25) is 14.5 Å². The molecule has 0 bridgehead atoms. The number of carbonyl (C=O) groups excluding carboxylic acids is 1. The van der Waals surface area contributed by atoms with E-state index in [0.717, 1.165) is 56.2 Å². The van der Waals surface area contributed by atoms with Gasteiger partial charge in [-0.2, -0.15) is 5.10 Å². The van der Waals surface area contributed by atoms with E-state index in [1.807, 2.05) is 114 Å². The van der Waals surface area contributed by atoms with E-state index in [9.17, 15) is 9.59 Å².